The summed E-state index contributed by atoms with van der Waals surface area (Å²) in [5, 5.41) is 4.72. The number of nitrogens with one attached hydrogen (secondary N) is 1. The summed E-state index contributed by atoms with van der Waals surface area (Å²) >= 11 is 12.6. The maximum atomic E-state index is 6.29. The highest BCUT2D eigenvalue weighted by atomic mass is 35.5. The van der Waals surface area contributed by atoms with Crippen LogP contribution >= 0.6 is 23.2 Å². The van der Waals surface area contributed by atoms with Gasteiger partial charge in [0, 0.05) is 33.6 Å². The van der Waals surface area contributed by atoms with Crippen LogP contribution in [0.15, 0.2) is 36.9 Å². The third-order valence-electron chi connectivity index (χ3n) is 2.80. The normalized spacial score (nSPS) is 12.4. The maximum Gasteiger partial charge on any atom is 0.115 e. The Morgan fingerprint density at radius 1 is 1.16 bits per heavy atom. The zero-order valence-electron chi connectivity index (χ0n) is 10.6. The van der Waals surface area contributed by atoms with Crippen LogP contribution in [0.5, 0.6) is 0 Å². The third-order valence-corrected chi connectivity index (χ3v) is 3.46. The fourth-order valence-electron chi connectivity index (χ4n) is 1.92. The van der Waals surface area contributed by atoms with Crippen LogP contribution in [0.2, 0.25) is 10.0 Å². The van der Waals surface area contributed by atoms with Gasteiger partial charge >= 0.3 is 0 Å². The summed E-state index contributed by atoms with van der Waals surface area (Å²) in [6, 6.07) is 5.43. The standard InChI is InChI=1S/C14H15Cl2N3/c1-2-6-19-14(10-7-17-9-18-8-10)13-11(15)4-3-5-12(13)16/h3-5,7-9,14,19H,2,6H2,1H3. The second-order valence-electron chi connectivity index (χ2n) is 4.19. The van der Waals surface area contributed by atoms with E-state index in [0.29, 0.717) is 10.0 Å². The van der Waals surface area contributed by atoms with Crippen molar-refractivity contribution >= 4 is 23.2 Å². The predicted molar refractivity (Wildman–Crippen MR) is 78.6 cm³/mol. The minimum absolute atomic E-state index is 0.0950. The highest BCUT2D eigenvalue weighted by Crippen LogP contribution is 2.33. The molecular formula is C14H15Cl2N3. The lowest BCUT2D eigenvalue weighted by atomic mass is 10.0. The van der Waals surface area contributed by atoms with Crippen molar-refractivity contribution in [3.8, 4) is 0 Å². The van der Waals surface area contributed by atoms with E-state index in [0.717, 1.165) is 24.1 Å². The predicted octanol–water partition coefficient (Wildman–Crippen LogP) is 3.87. The fraction of sp³-hybridized carbons (Fsp3) is 0.286. The largest absolute Gasteiger partial charge is 0.306 e. The van der Waals surface area contributed by atoms with Crippen molar-refractivity contribution in [2.45, 2.75) is 19.4 Å². The first-order valence-corrected chi connectivity index (χ1v) is 6.91. The Balaban J connectivity index is 2.43. The second-order valence-corrected chi connectivity index (χ2v) is 5.01. The monoisotopic (exact) mass is 295 g/mol. The van der Waals surface area contributed by atoms with Gasteiger partial charge in [-0.05, 0) is 25.1 Å². The van der Waals surface area contributed by atoms with Crippen LogP contribution in [0.3, 0.4) is 0 Å². The van der Waals surface area contributed by atoms with E-state index in [1.807, 2.05) is 18.2 Å². The summed E-state index contributed by atoms with van der Waals surface area (Å²) in [6.07, 6.45) is 6.08. The van der Waals surface area contributed by atoms with E-state index in [9.17, 15) is 0 Å². The van der Waals surface area contributed by atoms with Gasteiger partial charge in [0.1, 0.15) is 6.33 Å². The van der Waals surface area contributed by atoms with Gasteiger partial charge in [-0.1, -0.05) is 36.2 Å². The summed E-state index contributed by atoms with van der Waals surface area (Å²) in [6.45, 7) is 2.97. The van der Waals surface area contributed by atoms with Crippen molar-refractivity contribution in [2.24, 2.45) is 0 Å². The van der Waals surface area contributed by atoms with E-state index in [1.165, 1.54) is 6.33 Å². The van der Waals surface area contributed by atoms with Crippen molar-refractivity contribution in [3.63, 3.8) is 0 Å². The van der Waals surface area contributed by atoms with Crippen molar-refractivity contribution in [1.82, 2.24) is 15.3 Å². The van der Waals surface area contributed by atoms with Crippen molar-refractivity contribution in [3.05, 3.63) is 58.1 Å². The zero-order chi connectivity index (χ0) is 13.7. The van der Waals surface area contributed by atoms with Crippen LogP contribution in [0.4, 0.5) is 0 Å². The van der Waals surface area contributed by atoms with Gasteiger partial charge in [0.05, 0.1) is 6.04 Å². The molecule has 19 heavy (non-hydrogen) atoms. The Labute approximate surface area is 123 Å². The molecule has 1 aromatic heterocycles. The van der Waals surface area contributed by atoms with E-state index in [2.05, 4.69) is 22.2 Å². The molecule has 0 bridgehead atoms. The average molecular weight is 296 g/mol. The van der Waals surface area contributed by atoms with Gasteiger partial charge in [0.2, 0.25) is 0 Å². The Bertz CT molecular complexity index is 511. The molecule has 0 fully saturated rings. The van der Waals surface area contributed by atoms with Gasteiger partial charge in [0.15, 0.2) is 0 Å². The number of nitrogens with zero attached hydrogens (tertiary/aromatic N) is 2. The van der Waals surface area contributed by atoms with E-state index >= 15 is 0 Å². The molecule has 0 aliphatic carbocycles. The Morgan fingerprint density at radius 3 is 2.37 bits per heavy atom. The number of hydrogen-bond acceptors (Lipinski definition) is 3. The van der Waals surface area contributed by atoms with E-state index in [4.69, 9.17) is 23.2 Å². The molecule has 0 spiro atoms. The van der Waals surface area contributed by atoms with Gasteiger partial charge in [-0.25, -0.2) is 9.97 Å². The minimum Gasteiger partial charge on any atom is -0.306 e. The van der Waals surface area contributed by atoms with Crippen molar-refractivity contribution < 1.29 is 0 Å². The fourth-order valence-corrected chi connectivity index (χ4v) is 2.54. The topological polar surface area (TPSA) is 37.8 Å². The molecular weight excluding hydrogens is 281 g/mol. The zero-order valence-corrected chi connectivity index (χ0v) is 12.1. The van der Waals surface area contributed by atoms with Gasteiger partial charge in [0.25, 0.3) is 0 Å². The van der Waals surface area contributed by atoms with Gasteiger partial charge in [-0.15, -0.1) is 0 Å². The Kier molecular flexibility index (Phi) is 5.14. The molecule has 0 aliphatic rings. The molecule has 1 aromatic carbocycles. The molecule has 5 heteroatoms. The Morgan fingerprint density at radius 2 is 1.79 bits per heavy atom. The molecule has 0 amide bonds. The highest BCUT2D eigenvalue weighted by molar-refractivity contribution is 6.36. The first kappa shape index (κ1) is 14.3. The quantitative estimate of drug-likeness (QED) is 0.910. The molecule has 3 nitrogen and oxygen atoms in total. The summed E-state index contributed by atoms with van der Waals surface area (Å²) in [5.41, 5.74) is 1.82. The lowest BCUT2D eigenvalue weighted by molar-refractivity contribution is 0.595. The molecule has 100 valence electrons. The molecule has 0 saturated heterocycles. The van der Waals surface area contributed by atoms with Crippen LogP contribution in [0.25, 0.3) is 0 Å². The molecule has 1 heterocycles. The number of rotatable bonds is 5. The van der Waals surface area contributed by atoms with Crippen LogP contribution < -0.4 is 5.32 Å². The molecule has 0 aliphatic heterocycles. The summed E-state index contributed by atoms with van der Waals surface area (Å²) < 4.78 is 0. The van der Waals surface area contributed by atoms with Crippen molar-refractivity contribution in [2.75, 3.05) is 6.54 Å². The first-order valence-electron chi connectivity index (χ1n) is 6.16. The van der Waals surface area contributed by atoms with Crippen LogP contribution in [-0.4, -0.2) is 16.5 Å². The minimum atomic E-state index is -0.0950. The van der Waals surface area contributed by atoms with Crippen LogP contribution in [-0.2, 0) is 0 Å². The van der Waals surface area contributed by atoms with Crippen LogP contribution in [0, 0.1) is 0 Å². The number of hydrogen-bond donors (Lipinski definition) is 1. The van der Waals surface area contributed by atoms with Crippen molar-refractivity contribution in [1.29, 1.82) is 0 Å². The maximum absolute atomic E-state index is 6.29. The van der Waals surface area contributed by atoms with Gasteiger partial charge < -0.3 is 5.32 Å². The van der Waals surface area contributed by atoms with Gasteiger partial charge in [-0.3, -0.25) is 0 Å². The molecule has 2 aromatic rings. The second kappa shape index (κ2) is 6.85. The Hall–Kier alpha value is -1.16. The lowest BCUT2D eigenvalue weighted by Gasteiger charge is -2.21. The molecule has 0 saturated carbocycles. The molecule has 2 rings (SSSR count). The molecule has 0 radical (unpaired) electrons. The third kappa shape index (κ3) is 3.44. The molecule has 1 unspecified atom stereocenters. The van der Waals surface area contributed by atoms with Crippen LogP contribution in [0.1, 0.15) is 30.5 Å². The highest BCUT2D eigenvalue weighted by Gasteiger charge is 2.19. The summed E-state index contributed by atoms with van der Waals surface area (Å²) in [7, 11) is 0. The number of halogens is 2. The smallest absolute Gasteiger partial charge is 0.115 e. The number of aromatic nitrogens is 2. The lowest BCUT2D eigenvalue weighted by Crippen LogP contribution is -2.24. The SMILES string of the molecule is CCCNC(c1cncnc1)c1c(Cl)cccc1Cl. The first-order chi connectivity index (χ1) is 9.24. The summed E-state index contributed by atoms with van der Waals surface area (Å²) in [4.78, 5) is 8.12. The van der Waals surface area contributed by atoms with E-state index in [1.54, 1.807) is 12.4 Å². The molecule has 1 atom stereocenters. The average Bonchev–Trinajstić information content (AvgIpc) is 2.43. The summed E-state index contributed by atoms with van der Waals surface area (Å²) in [5.74, 6) is 0. The van der Waals surface area contributed by atoms with E-state index in [-0.39, 0.29) is 6.04 Å². The van der Waals surface area contributed by atoms with Gasteiger partial charge in [-0.2, -0.15) is 0 Å². The van der Waals surface area contributed by atoms with E-state index < -0.39 is 0 Å². The molecule has 1 N–H and O–H groups in total. The number of benzene rings is 1.